The number of halogens is 1. The third-order valence-electron chi connectivity index (χ3n) is 8.17. The minimum absolute atomic E-state index is 0.0338. The first-order valence-corrected chi connectivity index (χ1v) is 15.6. The molecule has 13 nitrogen and oxygen atoms in total. The number of furan rings is 1. The number of carbonyl (C=O) groups is 3. The zero-order valence-electron chi connectivity index (χ0n) is 26.8. The quantitative estimate of drug-likeness (QED) is 0.126. The van der Waals surface area contributed by atoms with Crippen LogP contribution in [-0.4, -0.2) is 54.3 Å². The average molecular weight is 697 g/mol. The average Bonchev–Trinajstić information content (AvgIpc) is 3.78. The summed E-state index contributed by atoms with van der Waals surface area (Å²) in [6, 6.07) is 19.6. The molecule has 3 heterocycles. The Morgan fingerprint density at radius 3 is 1.84 bits per heavy atom. The van der Waals surface area contributed by atoms with E-state index in [-0.39, 0.29) is 56.6 Å². The number of benzene rings is 3. The van der Waals surface area contributed by atoms with E-state index in [1.807, 2.05) is 0 Å². The third-order valence-corrected chi connectivity index (χ3v) is 8.50. The Balaban J connectivity index is 1.56. The number of carboxylic acids is 2. The molecule has 0 saturated heterocycles. The van der Waals surface area contributed by atoms with Gasteiger partial charge in [0.25, 0.3) is 11.1 Å². The Bertz CT molecular complexity index is 2310. The molecule has 0 atom stereocenters. The van der Waals surface area contributed by atoms with Gasteiger partial charge in [-0.25, -0.2) is 23.7 Å². The van der Waals surface area contributed by atoms with Crippen molar-refractivity contribution in [3.05, 3.63) is 150 Å². The van der Waals surface area contributed by atoms with Crippen LogP contribution in [0.25, 0.3) is 22.7 Å². The van der Waals surface area contributed by atoms with Gasteiger partial charge in [-0.2, -0.15) is 0 Å². The fourth-order valence-electron chi connectivity index (χ4n) is 5.85. The molecule has 0 spiro atoms. The predicted octanol–water partition coefficient (Wildman–Crippen LogP) is 5.93. The molecule has 6 aromatic rings. The lowest BCUT2D eigenvalue weighted by molar-refractivity contribution is 0.0525. The Morgan fingerprint density at radius 2 is 1.34 bits per heavy atom. The zero-order chi connectivity index (χ0) is 35.9. The van der Waals surface area contributed by atoms with E-state index in [9.17, 15) is 34.2 Å². The molecule has 4 N–H and O–H groups in total. The molecule has 0 unspecified atom stereocenters. The minimum atomic E-state index is -1.17. The van der Waals surface area contributed by atoms with Crippen molar-refractivity contribution in [1.82, 2.24) is 19.6 Å². The molecule has 254 valence electrons. The number of esters is 1. The molecule has 3 aromatic carbocycles. The van der Waals surface area contributed by atoms with E-state index < -0.39 is 34.9 Å². The Hall–Kier alpha value is -6.34. The van der Waals surface area contributed by atoms with Crippen LogP contribution in [0.5, 0.6) is 0 Å². The van der Waals surface area contributed by atoms with Crippen LogP contribution in [0.4, 0.5) is 0 Å². The Morgan fingerprint density at radius 1 is 0.800 bits per heavy atom. The van der Waals surface area contributed by atoms with E-state index in [0.717, 1.165) is 0 Å². The van der Waals surface area contributed by atoms with Crippen LogP contribution in [0.1, 0.15) is 72.2 Å². The van der Waals surface area contributed by atoms with Crippen LogP contribution >= 0.6 is 11.6 Å². The van der Waals surface area contributed by atoms with Gasteiger partial charge >= 0.3 is 17.9 Å². The molecule has 0 aliphatic rings. The van der Waals surface area contributed by atoms with E-state index in [1.54, 1.807) is 51.1 Å². The predicted molar refractivity (Wildman–Crippen MR) is 182 cm³/mol. The monoisotopic (exact) mass is 696 g/mol. The van der Waals surface area contributed by atoms with Gasteiger partial charge in [0.15, 0.2) is 0 Å². The van der Waals surface area contributed by atoms with Crippen molar-refractivity contribution in [3.8, 4) is 22.7 Å². The van der Waals surface area contributed by atoms with Crippen LogP contribution in [-0.2, 0) is 4.74 Å². The van der Waals surface area contributed by atoms with Crippen LogP contribution in [0.15, 0.2) is 92.9 Å². The maximum absolute atomic E-state index is 14.3. The molecule has 50 heavy (non-hydrogen) atoms. The van der Waals surface area contributed by atoms with Gasteiger partial charge in [-0.1, -0.05) is 23.7 Å². The first-order valence-electron chi connectivity index (χ1n) is 15.3. The van der Waals surface area contributed by atoms with Crippen molar-refractivity contribution >= 4 is 29.5 Å². The maximum Gasteiger partial charge on any atom is 0.339 e. The summed E-state index contributed by atoms with van der Waals surface area (Å²) in [6.45, 7) is 5.11. The number of ether oxygens (including phenoxy) is 1. The summed E-state index contributed by atoms with van der Waals surface area (Å²) >= 11 is 6.28. The summed E-state index contributed by atoms with van der Waals surface area (Å²) in [6.07, 6.45) is 0. The normalized spacial score (nSPS) is 11.2. The van der Waals surface area contributed by atoms with Crippen molar-refractivity contribution < 1.29 is 33.8 Å². The van der Waals surface area contributed by atoms with Crippen LogP contribution in [0.3, 0.4) is 0 Å². The van der Waals surface area contributed by atoms with E-state index >= 15 is 0 Å². The number of H-pyrrole nitrogens is 2. The summed E-state index contributed by atoms with van der Waals surface area (Å²) in [5.74, 6) is -3.57. The minimum Gasteiger partial charge on any atom is -0.478 e. The van der Waals surface area contributed by atoms with Crippen LogP contribution in [0.2, 0.25) is 5.02 Å². The lowest BCUT2D eigenvalue weighted by Crippen LogP contribution is -2.25. The molecule has 0 amide bonds. The molecule has 0 bridgehead atoms. The summed E-state index contributed by atoms with van der Waals surface area (Å²) < 4.78 is 13.9. The lowest BCUT2D eigenvalue weighted by atomic mass is 9.89. The van der Waals surface area contributed by atoms with Gasteiger partial charge < -0.3 is 19.4 Å². The smallest absolute Gasteiger partial charge is 0.339 e. The number of nitrogens with one attached hydrogen (secondary N) is 2. The SMILES string of the molecule is CCOC(=O)c1cc(-c2ccc(C(c3c(C)[nH]n(-c4cccc(C(=O)O)c4)c3=O)c3c(C)[nH]n(-c4cccc(C(=O)O)c4)c3=O)o2)ccc1Cl. The summed E-state index contributed by atoms with van der Waals surface area (Å²) in [7, 11) is 0. The summed E-state index contributed by atoms with van der Waals surface area (Å²) in [4.78, 5) is 64.5. The number of rotatable bonds is 10. The zero-order valence-corrected chi connectivity index (χ0v) is 27.6. The van der Waals surface area contributed by atoms with Crippen molar-refractivity contribution in [2.75, 3.05) is 6.61 Å². The Labute approximate surface area is 287 Å². The second-order valence-electron chi connectivity index (χ2n) is 11.3. The second-order valence-corrected chi connectivity index (χ2v) is 11.8. The molecule has 0 radical (unpaired) electrons. The Kier molecular flexibility index (Phi) is 8.91. The van der Waals surface area contributed by atoms with Crippen molar-refractivity contribution in [2.45, 2.75) is 26.7 Å². The first-order chi connectivity index (χ1) is 23.9. The van der Waals surface area contributed by atoms with Gasteiger partial charge in [0.05, 0.1) is 56.7 Å². The standard InChI is InChI=1S/C36H29ClN4O9/c1-4-49-36(48)25-17-20(11-12-26(25)37)27-13-14-28(50-27)31(29-18(2)38-40(32(29)42)23-9-5-7-21(15-23)34(44)45)30-19(3)39-41(33(30)43)24-10-6-8-22(16-24)35(46)47/h5-17,31,38-39H,4H2,1-3H3,(H,44,45)(H,46,47). The number of carbonyl (C=O) groups excluding carboxylic acids is 1. The topological polar surface area (TPSA) is 190 Å². The van der Waals surface area contributed by atoms with Crippen molar-refractivity contribution in [1.29, 1.82) is 0 Å². The van der Waals surface area contributed by atoms with E-state index in [2.05, 4.69) is 10.2 Å². The number of nitrogens with zero attached hydrogens (tertiary/aromatic N) is 2. The van der Waals surface area contributed by atoms with Crippen molar-refractivity contribution in [2.24, 2.45) is 0 Å². The van der Waals surface area contributed by atoms with E-state index in [4.69, 9.17) is 20.8 Å². The van der Waals surface area contributed by atoms with Gasteiger partial charge in [0.2, 0.25) is 0 Å². The van der Waals surface area contributed by atoms with Crippen molar-refractivity contribution in [3.63, 3.8) is 0 Å². The number of carboxylic acid groups (broad SMARTS) is 2. The number of aromatic amines is 2. The van der Waals surface area contributed by atoms with E-state index in [1.165, 1.54) is 57.9 Å². The maximum atomic E-state index is 14.3. The fourth-order valence-corrected chi connectivity index (χ4v) is 6.05. The van der Waals surface area contributed by atoms with E-state index in [0.29, 0.717) is 22.7 Å². The fraction of sp³-hybridized carbons (Fsp3) is 0.139. The molecular weight excluding hydrogens is 668 g/mol. The highest BCUT2D eigenvalue weighted by Gasteiger charge is 2.33. The van der Waals surface area contributed by atoms with Gasteiger partial charge in [-0.15, -0.1) is 0 Å². The number of aryl methyl sites for hydroxylation is 2. The molecule has 0 aliphatic carbocycles. The highest BCUT2D eigenvalue weighted by molar-refractivity contribution is 6.33. The molecule has 0 saturated carbocycles. The van der Waals surface area contributed by atoms with Gasteiger partial charge in [0.1, 0.15) is 11.5 Å². The molecule has 14 heteroatoms. The second kappa shape index (κ2) is 13.3. The number of aromatic nitrogens is 4. The number of hydrogen-bond acceptors (Lipinski definition) is 7. The highest BCUT2D eigenvalue weighted by atomic mass is 35.5. The summed E-state index contributed by atoms with van der Waals surface area (Å²) in [5.41, 5.74) is 0.929. The molecule has 6 rings (SSSR count). The molecule has 0 fully saturated rings. The lowest BCUT2D eigenvalue weighted by Gasteiger charge is -2.13. The van der Waals surface area contributed by atoms with Gasteiger partial charge in [0, 0.05) is 17.0 Å². The third kappa shape index (κ3) is 6.05. The number of hydrogen-bond donors (Lipinski definition) is 4. The van der Waals surface area contributed by atoms with Gasteiger partial charge in [-0.3, -0.25) is 19.8 Å². The molecule has 3 aromatic heterocycles. The summed E-state index contributed by atoms with van der Waals surface area (Å²) in [5, 5.41) is 25.3. The molecular formula is C36H29ClN4O9. The van der Waals surface area contributed by atoms with Crippen LogP contribution < -0.4 is 11.1 Å². The molecule has 0 aliphatic heterocycles. The van der Waals surface area contributed by atoms with Crippen LogP contribution in [0, 0.1) is 13.8 Å². The van der Waals surface area contributed by atoms with Gasteiger partial charge in [-0.05, 0) is 87.5 Å². The highest BCUT2D eigenvalue weighted by Crippen LogP contribution is 2.36. The number of aromatic carboxylic acids is 2. The first kappa shape index (κ1) is 33.6. The largest absolute Gasteiger partial charge is 0.478 e.